The quantitative estimate of drug-likeness (QED) is 0.0997. The van der Waals surface area contributed by atoms with Gasteiger partial charge in [0.1, 0.15) is 0 Å². The molecule has 0 aliphatic heterocycles. The van der Waals surface area contributed by atoms with E-state index in [2.05, 4.69) is 278 Å². The maximum Gasteiger partial charge on any atom is 0.179 e. The molecule has 0 N–H and O–H groups in total. The van der Waals surface area contributed by atoms with E-state index in [1.54, 1.807) is 0 Å². The van der Waals surface area contributed by atoms with Crippen LogP contribution in [0, 0.1) is 0 Å². The molecule has 67 heavy (non-hydrogen) atoms. The third-order valence-electron chi connectivity index (χ3n) is 14.0. The fourth-order valence-electron chi connectivity index (χ4n) is 10.9. The van der Waals surface area contributed by atoms with Crippen molar-refractivity contribution in [2.45, 2.75) is 19.3 Å². The number of nitrogens with zero attached hydrogens (tertiary/aromatic N) is 2. The minimum atomic E-state index is -3.06. The van der Waals surface area contributed by atoms with E-state index in [9.17, 15) is 0 Å². The third kappa shape index (κ3) is 6.83. The molecule has 11 aromatic rings. The predicted molar refractivity (Wildman–Crippen MR) is 290 cm³/mol. The molecule has 0 spiro atoms. The summed E-state index contributed by atoms with van der Waals surface area (Å²) in [4.78, 5) is 4.88. The van der Waals surface area contributed by atoms with E-state index < -0.39 is 8.07 Å². The second kappa shape index (κ2) is 16.6. The van der Waals surface area contributed by atoms with Gasteiger partial charge in [-0.2, -0.15) is 0 Å². The molecular weight excluding hydrogens is 845 g/mol. The van der Waals surface area contributed by atoms with E-state index in [0.717, 1.165) is 34.1 Å². The molecule has 1 aliphatic carbocycles. The lowest BCUT2D eigenvalue weighted by molar-refractivity contribution is 0.660. The monoisotopic (exact) mass is 892 g/mol. The third-order valence-corrected chi connectivity index (χ3v) is 19.9. The van der Waals surface area contributed by atoms with Gasteiger partial charge in [0.15, 0.2) is 8.07 Å². The van der Waals surface area contributed by atoms with Crippen molar-refractivity contribution in [1.82, 2.24) is 0 Å². The highest BCUT2D eigenvalue weighted by atomic mass is 32.1. The lowest BCUT2D eigenvalue weighted by Gasteiger charge is -2.36. The highest BCUT2D eigenvalue weighted by molar-refractivity contribution is 7.25. The Kier molecular flexibility index (Phi) is 10.1. The molecule has 0 atom stereocenters. The van der Waals surface area contributed by atoms with E-state index in [-0.39, 0.29) is 5.41 Å². The molecule has 0 radical (unpaired) electrons. The molecule has 0 fully saturated rings. The Balaban J connectivity index is 1.08. The molecule has 1 heterocycles. The van der Waals surface area contributed by atoms with E-state index in [4.69, 9.17) is 0 Å². The summed E-state index contributed by atoms with van der Waals surface area (Å²) in [5.41, 5.74) is 12.0. The summed E-state index contributed by atoms with van der Waals surface area (Å²) in [6.07, 6.45) is 0. The second-order valence-electron chi connectivity index (χ2n) is 18.1. The van der Waals surface area contributed by atoms with E-state index in [1.807, 2.05) is 11.3 Å². The number of hydrogen-bond donors (Lipinski definition) is 0. The molecular formula is C63H48N2SSi. The minimum absolute atomic E-state index is 0.0752. The van der Waals surface area contributed by atoms with Crippen LogP contribution in [0.25, 0.3) is 31.3 Å². The van der Waals surface area contributed by atoms with Gasteiger partial charge >= 0.3 is 0 Å². The van der Waals surface area contributed by atoms with Crippen molar-refractivity contribution >= 4 is 94.5 Å². The number of rotatable bonds is 10. The van der Waals surface area contributed by atoms with Gasteiger partial charge in [0.25, 0.3) is 0 Å². The zero-order valence-corrected chi connectivity index (χ0v) is 39.4. The van der Waals surface area contributed by atoms with Crippen molar-refractivity contribution in [3.8, 4) is 11.1 Å². The number of fused-ring (bicyclic) bond motifs is 6. The molecule has 1 aliphatic rings. The summed E-state index contributed by atoms with van der Waals surface area (Å²) in [5.74, 6) is 0. The van der Waals surface area contributed by atoms with Crippen LogP contribution >= 0.6 is 11.3 Å². The molecule has 0 saturated heterocycles. The van der Waals surface area contributed by atoms with Crippen molar-refractivity contribution in [2.24, 2.45) is 0 Å². The Morgan fingerprint density at radius 1 is 0.313 bits per heavy atom. The SMILES string of the molecule is CC1(C)c2ccccc2-c2cc(N(c3ccccc3)c3cccc([Si](c4ccccc4)(c4ccccc4)c4cccc(N(c5ccccc5)c5ccc6sc7ccccc7c6c5)c4)c3)ccc21. The number of para-hydroxylation sites is 2. The van der Waals surface area contributed by atoms with Crippen molar-refractivity contribution < 1.29 is 0 Å². The summed E-state index contributed by atoms with van der Waals surface area (Å²) in [6.45, 7) is 4.70. The molecule has 0 unspecified atom stereocenters. The Morgan fingerprint density at radius 2 is 0.746 bits per heavy atom. The number of benzene rings is 10. The Labute approximate surface area is 398 Å². The molecule has 1 aromatic heterocycles. The van der Waals surface area contributed by atoms with Gasteiger partial charge in [0, 0.05) is 59.7 Å². The zero-order valence-electron chi connectivity index (χ0n) is 37.6. The summed E-state index contributed by atoms with van der Waals surface area (Å²) < 4.78 is 2.60. The maximum absolute atomic E-state index is 3.06. The van der Waals surface area contributed by atoms with Gasteiger partial charge in [-0.05, 0) is 128 Å². The van der Waals surface area contributed by atoms with Crippen LogP contribution in [0.2, 0.25) is 0 Å². The largest absolute Gasteiger partial charge is 0.310 e. The fraction of sp³-hybridized carbons (Fsp3) is 0.0476. The Hall–Kier alpha value is -7.76. The van der Waals surface area contributed by atoms with Gasteiger partial charge in [-0.1, -0.05) is 184 Å². The van der Waals surface area contributed by atoms with E-state index >= 15 is 0 Å². The highest BCUT2D eigenvalue weighted by Crippen LogP contribution is 2.50. The lowest BCUT2D eigenvalue weighted by Crippen LogP contribution is -2.74. The maximum atomic E-state index is 2.49. The van der Waals surface area contributed by atoms with Gasteiger partial charge in [0.2, 0.25) is 0 Å². The molecule has 2 nitrogen and oxygen atoms in total. The van der Waals surface area contributed by atoms with Crippen LogP contribution in [-0.2, 0) is 5.41 Å². The summed E-state index contributed by atoms with van der Waals surface area (Å²) in [7, 11) is -3.06. The first kappa shape index (κ1) is 40.7. The lowest BCUT2D eigenvalue weighted by atomic mass is 9.82. The predicted octanol–water partition coefficient (Wildman–Crippen LogP) is 14.7. The fourth-order valence-corrected chi connectivity index (χ4v) is 16.8. The van der Waals surface area contributed by atoms with Crippen molar-refractivity contribution in [2.75, 3.05) is 9.80 Å². The van der Waals surface area contributed by atoms with Gasteiger partial charge in [-0.25, -0.2) is 0 Å². The highest BCUT2D eigenvalue weighted by Gasteiger charge is 2.42. The average Bonchev–Trinajstić information content (AvgIpc) is 3.87. The van der Waals surface area contributed by atoms with Crippen LogP contribution in [-0.4, -0.2) is 8.07 Å². The van der Waals surface area contributed by atoms with Crippen LogP contribution in [0.15, 0.2) is 255 Å². The molecule has 0 bridgehead atoms. The first-order valence-electron chi connectivity index (χ1n) is 23.2. The molecule has 320 valence electrons. The Morgan fingerprint density at radius 3 is 1.36 bits per heavy atom. The summed E-state index contributed by atoms with van der Waals surface area (Å²) >= 11 is 1.86. The van der Waals surface area contributed by atoms with Gasteiger partial charge in [-0.3, -0.25) is 0 Å². The van der Waals surface area contributed by atoms with Crippen LogP contribution in [0.5, 0.6) is 0 Å². The summed E-state index contributed by atoms with van der Waals surface area (Å²) in [6, 6.07) is 94.9. The molecule has 4 heteroatoms. The molecule has 0 amide bonds. The second-order valence-corrected chi connectivity index (χ2v) is 23.0. The summed E-state index contributed by atoms with van der Waals surface area (Å²) in [5, 5.41) is 7.86. The van der Waals surface area contributed by atoms with Crippen LogP contribution in [0.4, 0.5) is 34.1 Å². The van der Waals surface area contributed by atoms with E-state index in [1.165, 1.54) is 63.2 Å². The van der Waals surface area contributed by atoms with Gasteiger partial charge in [0.05, 0.1) is 0 Å². The van der Waals surface area contributed by atoms with Gasteiger partial charge < -0.3 is 9.80 Å². The smallest absolute Gasteiger partial charge is 0.179 e. The first-order valence-corrected chi connectivity index (χ1v) is 26.0. The minimum Gasteiger partial charge on any atom is -0.310 e. The molecule has 10 aromatic carbocycles. The average molecular weight is 893 g/mol. The van der Waals surface area contributed by atoms with Crippen molar-refractivity contribution in [1.29, 1.82) is 0 Å². The zero-order chi connectivity index (χ0) is 45.0. The van der Waals surface area contributed by atoms with Gasteiger partial charge in [-0.15, -0.1) is 11.3 Å². The number of hydrogen-bond acceptors (Lipinski definition) is 3. The van der Waals surface area contributed by atoms with Crippen molar-refractivity contribution in [3.05, 3.63) is 266 Å². The molecule has 12 rings (SSSR count). The number of thiophene rings is 1. The normalized spacial score (nSPS) is 12.7. The standard InChI is InChI=1S/C63H48N2SSi/c1-63(2)59-35-17-15-33-55(59)57-43-49(37-39-60(57)63)64(45-21-7-3-8-22-45)47-25-19-31-53(41-47)67(51-27-11-5-12-28-51,52-29-13-6-14-30-52)54-32-20-26-48(42-54)65(46-23-9-4-10-24-46)50-38-40-62-58(44-50)56-34-16-18-36-61(56)66-62/h3-44H,1-2H3. The van der Waals surface area contributed by atoms with Crippen LogP contribution in [0.1, 0.15) is 25.0 Å². The van der Waals surface area contributed by atoms with E-state index in [0.29, 0.717) is 0 Å². The topological polar surface area (TPSA) is 6.48 Å². The van der Waals surface area contributed by atoms with Crippen molar-refractivity contribution in [3.63, 3.8) is 0 Å². The van der Waals surface area contributed by atoms with Crippen LogP contribution in [0.3, 0.4) is 0 Å². The number of anilines is 6. The van der Waals surface area contributed by atoms with Crippen LogP contribution < -0.4 is 30.5 Å². The Bertz CT molecular complexity index is 3530. The molecule has 0 saturated carbocycles. The first-order chi connectivity index (χ1) is 33.0.